The van der Waals surface area contributed by atoms with Crippen molar-refractivity contribution in [1.29, 1.82) is 0 Å². The van der Waals surface area contributed by atoms with Crippen molar-refractivity contribution in [2.24, 2.45) is 0 Å². The first-order chi connectivity index (χ1) is 8.13. The van der Waals surface area contributed by atoms with E-state index in [9.17, 15) is 0 Å². The van der Waals surface area contributed by atoms with Gasteiger partial charge in [-0.2, -0.15) is 5.10 Å². The Morgan fingerprint density at radius 3 is 2.59 bits per heavy atom. The van der Waals surface area contributed by atoms with Crippen molar-refractivity contribution in [2.75, 3.05) is 0 Å². The first kappa shape index (κ1) is 12.4. The zero-order chi connectivity index (χ0) is 12.4. The molecule has 1 aromatic rings. The highest BCUT2D eigenvalue weighted by Crippen LogP contribution is 2.23. The minimum Gasteiger partial charge on any atom is -0.307 e. The van der Waals surface area contributed by atoms with Crippen LogP contribution < -0.4 is 5.32 Å². The lowest BCUT2D eigenvalue weighted by molar-refractivity contribution is 0.468. The Morgan fingerprint density at radius 2 is 2.06 bits per heavy atom. The van der Waals surface area contributed by atoms with Crippen molar-refractivity contribution in [3.63, 3.8) is 0 Å². The summed E-state index contributed by atoms with van der Waals surface area (Å²) in [5.74, 6) is 0. The zero-order valence-electron chi connectivity index (χ0n) is 11.3. The molecule has 3 heteroatoms. The van der Waals surface area contributed by atoms with E-state index in [0.717, 1.165) is 25.1 Å². The quantitative estimate of drug-likeness (QED) is 0.810. The lowest BCUT2D eigenvalue weighted by Crippen LogP contribution is -2.29. The molecule has 1 N–H and O–H groups in total. The van der Waals surface area contributed by atoms with E-state index in [4.69, 9.17) is 0 Å². The van der Waals surface area contributed by atoms with E-state index in [-0.39, 0.29) is 0 Å². The summed E-state index contributed by atoms with van der Waals surface area (Å²) in [6, 6.07) is 0.994. The van der Waals surface area contributed by atoms with Gasteiger partial charge in [0.2, 0.25) is 0 Å². The van der Waals surface area contributed by atoms with Crippen molar-refractivity contribution in [1.82, 2.24) is 15.1 Å². The van der Waals surface area contributed by atoms with Crippen LogP contribution >= 0.6 is 0 Å². The summed E-state index contributed by atoms with van der Waals surface area (Å²) < 4.78 is 2.09. The maximum Gasteiger partial charge on any atom is 0.0644 e. The average molecular weight is 233 g/mol. The first-order valence-corrected chi connectivity index (χ1v) is 6.58. The molecular weight excluding hydrogens is 210 g/mol. The highest BCUT2D eigenvalue weighted by atomic mass is 15.3. The molecule has 1 aliphatic carbocycles. The number of hydrogen-bond donors (Lipinski definition) is 1. The number of nitrogens with zero attached hydrogens (tertiary/aromatic N) is 2. The maximum absolute atomic E-state index is 4.59. The number of nitrogens with one attached hydrogen (secondary N) is 1. The van der Waals surface area contributed by atoms with Crippen molar-refractivity contribution in [3.8, 4) is 0 Å². The van der Waals surface area contributed by atoms with Gasteiger partial charge in [-0.1, -0.05) is 12.2 Å². The molecule has 1 atom stereocenters. The molecule has 1 heterocycles. The highest BCUT2D eigenvalue weighted by molar-refractivity contribution is 5.28. The Hall–Kier alpha value is -1.09. The Kier molecular flexibility index (Phi) is 3.67. The summed E-state index contributed by atoms with van der Waals surface area (Å²) in [6.45, 7) is 9.62. The van der Waals surface area contributed by atoms with Crippen LogP contribution in [0.3, 0.4) is 0 Å². The van der Waals surface area contributed by atoms with Gasteiger partial charge < -0.3 is 5.32 Å². The number of hydrogen-bond acceptors (Lipinski definition) is 2. The zero-order valence-corrected chi connectivity index (χ0v) is 11.3. The molecular formula is C14H23N3. The third-order valence-electron chi connectivity index (χ3n) is 3.66. The Morgan fingerprint density at radius 1 is 1.41 bits per heavy atom. The van der Waals surface area contributed by atoms with Crippen molar-refractivity contribution >= 4 is 0 Å². The second kappa shape index (κ2) is 5.05. The van der Waals surface area contributed by atoms with Gasteiger partial charge in [-0.25, -0.2) is 0 Å². The normalized spacial score (nSPS) is 17.9. The smallest absolute Gasteiger partial charge is 0.0644 e. The van der Waals surface area contributed by atoms with Gasteiger partial charge in [0.15, 0.2) is 0 Å². The Bertz CT molecular complexity index is 409. The van der Waals surface area contributed by atoms with E-state index in [1.54, 1.807) is 0 Å². The fourth-order valence-corrected chi connectivity index (χ4v) is 2.84. The van der Waals surface area contributed by atoms with Gasteiger partial charge in [0.1, 0.15) is 0 Å². The number of aryl methyl sites for hydroxylation is 2. The molecule has 0 spiro atoms. The summed E-state index contributed by atoms with van der Waals surface area (Å²) in [4.78, 5) is 0. The molecule has 3 nitrogen and oxygen atoms in total. The van der Waals surface area contributed by atoms with E-state index >= 15 is 0 Å². The predicted molar refractivity (Wildman–Crippen MR) is 71.1 cm³/mol. The maximum atomic E-state index is 4.59. The van der Waals surface area contributed by atoms with Gasteiger partial charge in [0.25, 0.3) is 0 Å². The fourth-order valence-electron chi connectivity index (χ4n) is 2.84. The van der Waals surface area contributed by atoms with Gasteiger partial charge in [-0.05, 0) is 40.5 Å². The van der Waals surface area contributed by atoms with Crippen LogP contribution in [0.25, 0.3) is 0 Å². The van der Waals surface area contributed by atoms with Gasteiger partial charge in [-0.3, -0.25) is 4.68 Å². The van der Waals surface area contributed by atoms with Gasteiger partial charge in [-0.15, -0.1) is 0 Å². The summed E-state index contributed by atoms with van der Waals surface area (Å²) in [6.07, 6.45) is 6.84. The Labute approximate surface area is 104 Å². The second-order valence-electron chi connectivity index (χ2n) is 4.93. The van der Waals surface area contributed by atoms with Crippen molar-refractivity contribution < 1.29 is 0 Å². The topological polar surface area (TPSA) is 29.9 Å². The fraction of sp³-hybridized carbons (Fsp3) is 0.643. The molecule has 2 rings (SSSR count). The van der Waals surface area contributed by atoms with Gasteiger partial charge in [0.05, 0.1) is 5.69 Å². The third kappa shape index (κ3) is 2.44. The molecule has 0 saturated carbocycles. The van der Waals surface area contributed by atoms with E-state index in [1.807, 2.05) is 0 Å². The van der Waals surface area contributed by atoms with Crippen LogP contribution in [0.5, 0.6) is 0 Å². The molecule has 0 saturated heterocycles. The molecule has 1 aliphatic rings. The highest BCUT2D eigenvalue weighted by Gasteiger charge is 2.20. The molecule has 0 radical (unpaired) electrons. The van der Waals surface area contributed by atoms with Crippen LogP contribution in [0.15, 0.2) is 12.2 Å². The first-order valence-electron chi connectivity index (χ1n) is 6.58. The van der Waals surface area contributed by atoms with Crippen LogP contribution in [0.4, 0.5) is 0 Å². The predicted octanol–water partition coefficient (Wildman–Crippen LogP) is 2.89. The largest absolute Gasteiger partial charge is 0.307 e. The molecule has 0 aromatic carbocycles. The van der Waals surface area contributed by atoms with E-state index in [2.05, 4.69) is 54.9 Å². The summed E-state index contributed by atoms with van der Waals surface area (Å²) in [5, 5.41) is 8.28. The third-order valence-corrected chi connectivity index (χ3v) is 3.66. The van der Waals surface area contributed by atoms with Crippen LogP contribution in [-0.4, -0.2) is 15.8 Å². The standard InChI is InChI=1S/C14H23N3/c1-5-17-12(4)14(11(3)16-17)10(2)15-13-8-6-7-9-13/h6-7,10,13,15H,5,8-9H2,1-4H3. The molecule has 1 aromatic heterocycles. The lowest BCUT2D eigenvalue weighted by Gasteiger charge is -2.20. The number of rotatable bonds is 4. The summed E-state index contributed by atoms with van der Waals surface area (Å²) in [5.41, 5.74) is 3.84. The SMILES string of the molecule is CCn1nc(C)c(C(C)NC2CC=CC2)c1C. The van der Waals surface area contributed by atoms with Crippen LogP contribution in [-0.2, 0) is 6.54 Å². The molecule has 0 amide bonds. The van der Waals surface area contributed by atoms with E-state index < -0.39 is 0 Å². The molecule has 94 valence electrons. The monoisotopic (exact) mass is 233 g/mol. The molecule has 1 unspecified atom stereocenters. The molecule has 0 bridgehead atoms. The van der Waals surface area contributed by atoms with Crippen LogP contribution in [0.2, 0.25) is 0 Å². The molecule has 0 fully saturated rings. The summed E-state index contributed by atoms with van der Waals surface area (Å²) in [7, 11) is 0. The lowest BCUT2D eigenvalue weighted by atomic mass is 10.0. The molecule has 17 heavy (non-hydrogen) atoms. The minimum absolute atomic E-state index is 0.389. The second-order valence-corrected chi connectivity index (χ2v) is 4.93. The summed E-state index contributed by atoms with van der Waals surface area (Å²) >= 11 is 0. The minimum atomic E-state index is 0.389. The molecule has 0 aliphatic heterocycles. The van der Waals surface area contributed by atoms with E-state index in [1.165, 1.54) is 11.3 Å². The average Bonchev–Trinajstić information content (AvgIpc) is 2.87. The Balaban J connectivity index is 2.12. The van der Waals surface area contributed by atoms with Crippen molar-refractivity contribution in [2.45, 2.75) is 59.2 Å². The van der Waals surface area contributed by atoms with Gasteiger partial charge in [0, 0.05) is 29.9 Å². The number of aromatic nitrogens is 2. The van der Waals surface area contributed by atoms with Crippen LogP contribution in [0, 0.1) is 13.8 Å². The van der Waals surface area contributed by atoms with E-state index in [0.29, 0.717) is 12.1 Å². The van der Waals surface area contributed by atoms with Crippen molar-refractivity contribution in [3.05, 3.63) is 29.1 Å². The van der Waals surface area contributed by atoms with Crippen LogP contribution in [0.1, 0.15) is 49.7 Å². The van der Waals surface area contributed by atoms with Gasteiger partial charge >= 0.3 is 0 Å².